The molecule has 0 heterocycles. The van der Waals surface area contributed by atoms with Crippen molar-refractivity contribution in [3.63, 3.8) is 0 Å². The molecule has 0 spiro atoms. The van der Waals surface area contributed by atoms with Crippen LogP contribution in [0.25, 0.3) is 0 Å². The number of nitriles is 1. The maximum absolute atomic E-state index is 12.0. The van der Waals surface area contributed by atoms with Crippen LogP contribution >= 0.6 is 0 Å². The van der Waals surface area contributed by atoms with Crippen molar-refractivity contribution in [3.05, 3.63) is 23.4 Å². The van der Waals surface area contributed by atoms with Gasteiger partial charge in [0.05, 0.1) is 6.07 Å². The van der Waals surface area contributed by atoms with Gasteiger partial charge in [-0.25, -0.2) is 0 Å². The first-order valence-corrected chi connectivity index (χ1v) is 5.96. The van der Waals surface area contributed by atoms with Gasteiger partial charge in [0, 0.05) is 17.2 Å². The van der Waals surface area contributed by atoms with E-state index in [9.17, 15) is 4.79 Å². The Balaban J connectivity index is 2.68. The van der Waals surface area contributed by atoms with Crippen molar-refractivity contribution in [1.29, 1.82) is 5.26 Å². The number of amides is 1. The zero-order valence-electron chi connectivity index (χ0n) is 11.0. The molecular weight excluding hydrogens is 212 g/mol. The molecule has 1 atom stereocenters. The first-order valence-electron chi connectivity index (χ1n) is 5.96. The van der Waals surface area contributed by atoms with E-state index in [1.165, 1.54) is 0 Å². The number of nitrogens with zero attached hydrogens (tertiary/aromatic N) is 1. The van der Waals surface area contributed by atoms with Gasteiger partial charge in [0.15, 0.2) is 0 Å². The van der Waals surface area contributed by atoms with Gasteiger partial charge >= 0.3 is 0 Å². The first-order chi connectivity index (χ1) is 7.84. The molecule has 0 radical (unpaired) electrons. The monoisotopic (exact) mass is 232 g/mol. The van der Waals surface area contributed by atoms with E-state index in [0.29, 0.717) is 5.57 Å². The lowest BCUT2D eigenvalue weighted by molar-refractivity contribution is -0.126. The SMILES string of the molecule is CC(C(=O)NC1=CC(C#N)=CCC1)C(C)(C)C. The standard InChI is InChI=1S/C14H20N2O/c1-10(14(2,3)4)13(17)16-12-7-5-6-11(8-12)9-15/h6,8,10H,5,7H2,1-4H3,(H,16,17). The molecule has 3 nitrogen and oxygen atoms in total. The highest BCUT2D eigenvalue weighted by Gasteiger charge is 2.27. The third-order valence-electron chi connectivity index (χ3n) is 3.21. The van der Waals surface area contributed by atoms with Gasteiger partial charge in [-0.3, -0.25) is 4.79 Å². The first kappa shape index (κ1) is 13.5. The second kappa shape index (κ2) is 5.18. The van der Waals surface area contributed by atoms with Crippen molar-refractivity contribution in [2.24, 2.45) is 11.3 Å². The maximum atomic E-state index is 12.0. The molecule has 1 aliphatic rings. The Morgan fingerprint density at radius 2 is 2.18 bits per heavy atom. The topological polar surface area (TPSA) is 52.9 Å². The van der Waals surface area contributed by atoms with Crippen LogP contribution in [0.2, 0.25) is 0 Å². The lowest BCUT2D eigenvalue weighted by Crippen LogP contribution is -2.35. The fraction of sp³-hybridized carbons (Fsp3) is 0.571. The Bertz CT molecular complexity index is 405. The Morgan fingerprint density at radius 1 is 1.53 bits per heavy atom. The van der Waals surface area contributed by atoms with Crippen molar-refractivity contribution in [2.45, 2.75) is 40.5 Å². The van der Waals surface area contributed by atoms with Crippen LogP contribution in [0, 0.1) is 22.7 Å². The fourth-order valence-corrected chi connectivity index (χ4v) is 1.54. The van der Waals surface area contributed by atoms with Crippen LogP contribution in [0.4, 0.5) is 0 Å². The van der Waals surface area contributed by atoms with Gasteiger partial charge in [-0.1, -0.05) is 33.8 Å². The molecule has 0 aromatic rings. The summed E-state index contributed by atoms with van der Waals surface area (Å²) in [4.78, 5) is 12.0. The number of hydrogen-bond donors (Lipinski definition) is 1. The van der Waals surface area contributed by atoms with Gasteiger partial charge in [-0.05, 0) is 24.3 Å². The van der Waals surface area contributed by atoms with Crippen LogP contribution in [0.5, 0.6) is 0 Å². The van der Waals surface area contributed by atoms with Gasteiger partial charge in [-0.2, -0.15) is 5.26 Å². The minimum atomic E-state index is -0.0557. The van der Waals surface area contributed by atoms with E-state index in [4.69, 9.17) is 5.26 Å². The van der Waals surface area contributed by atoms with Crippen molar-refractivity contribution >= 4 is 5.91 Å². The minimum Gasteiger partial charge on any atom is -0.329 e. The van der Waals surface area contributed by atoms with Crippen LogP contribution < -0.4 is 5.32 Å². The number of hydrogen-bond acceptors (Lipinski definition) is 2. The zero-order valence-corrected chi connectivity index (χ0v) is 11.0. The molecule has 0 saturated carbocycles. The highest BCUT2D eigenvalue weighted by molar-refractivity contribution is 5.80. The molecular formula is C14H20N2O. The third-order valence-corrected chi connectivity index (χ3v) is 3.21. The van der Waals surface area contributed by atoms with E-state index < -0.39 is 0 Å². The highest BCUT2D eigenvalue weighted by atomic mass is 16.1. The number of carbonyl (C=O) groups is 1. The van der Waals surface area contributed by atoms with E-state index >= 15 is 0 Å². The summed E-state index contributed by atoms with van der Waals surface area (Å²) in [5, 5.41) is 11.7. The highest BCUT2D eigenvalue weighted by Crippen LogP contribution is 2.26. The molecule has 0 aromatic heterocycles. The third kappa shape index (κ3) is 3.74. The summed E-state index contributed by atoms with van der Waals surface area (Å²) in [6.45, 7) is 8.08. The molecule has 0 aromatic carbocycles. The largest absolute Gasteiger partial charge is 0.329 e. The molecule has 0 fully saturated rings. The van der Waals surface area contributed by atoms with Crippen LogP contribution in [0.3, 0.4) is 0 Å². The molecule has 1 unspecified atom stereocenters. The summed E-state index contributed by atoms with van der Waals surface area (Å²) in [6.07, 6.45) is 5.27. The maximum Gasteiger partial charge on any atom is 0.227 e. The summed E-state index contributed by atoms with van der Waals surface area (Å²) in [6, 6.07) is 2.10. The number of allylic oxidation sites excluding steroid dienone is 4. The second-order valence-corrected chi connectivity index (χ2v) is 5.56. The number of nitrogens with one attached hydrogen (secondary N) is 1. The average molecular weight is 232 g/mol. The Kier molecular flexibility index (Phi) is 4.11. The van der Waals surface area contributed by atoms with Crippen molar-refractivity contribution in [3.8, 4) is 6.07 Å². The van der Waals surface area contributed by atoms with Crippen molar-refractivity contribution < 1.29 is 4.79 Å². The van der Waals surface area contributed by atoms with Gasteiger partial charge in [-0.15, -0.1) is 0 Å². The van der Waals surface area contributed by atoms with E-state index in [0.717, 1.165) is 18.5 Å². The van der Waals surface area contributed by atoms with Crippen LogP contribution in [0.1, 0.15) is 40.5 Å². The lowest BCUT2D eigenvalue weighted by Gasteiger charge is -2.26. The predicted octanol–water partition coefficient (Wildman–Crippen LogP) is 2.91. The van der Waals surface area contributed by atoms with Crippen LogP contribution in [-0.4, -0.2) is 5.91 Å². The normalized spacial score (nSPS) is 17.6. The Hall–Kier alpha value is -1.56. The molecule has 1 aliphatic carbocycles. The van der Waals surface area contributed by atoms with Gasteiger partial charge in [0.1, 0.15) is 0 Å². The van der Waals surface area contributed by atoms with Crippen molar-refractivity contribution in [1.82, 2.24) is 5.32 Å². The Morgan fingerprint density at radius 3 is 2.71 bits per heavy atom. The summed E-state index contributed by atoms with van der Waals surface area (Å²) < 4.78 is 0. The summed E-state index contributed by atoms with van der Waals surface area (Å²) in [5.41, 5.74) is 1.44. The number of carbonyl (C=O) groups excluding carboxylic acids is 1. The molecule has 0 saturated heterocycles. The quantitative estimate of drug-likeness (QED) is 0.795. The van der Waals surface area contributed by atoms with E-state index in [1.807, 2.05) is 33.8 Å². The van der Waals surface area contributed by atoms with Crippen molar-refractivity contribution in [2.75, 3.05) is 0 Å². The summed E-state index contributed by atoms with van der Waals surface area (Å²) in [5.74, 6) is -0.0252. The van der Waals surface area contributed by atoms with E-state index in [2.05, 4.69) is 11.4 Å². The molecule has 1 rings (SSSR count). The van der Waals surface area contributed by atoms with Gasteiger partial charge in [0.25, 0.3) is 0 Å². The predicted molar refractivity (Wildman–Crippen MR) is 67.8 cm³/mol. The molecule has 17 heavy (non-hydrogen) atoms. The molecule has 3 heteroatoms. The molecule has 1 N–H and O–H groups in total. The Labute approximate surface area is 103 Å². The lowest BCUT2D eigenvalue weighted by atomic mass is 9.81. The summed E-state index contributed by atoms with van der Waals surface area (Å²) >= 11 is 0. The molecule has 0 bridgehead atoms. The molecule has 1 amide bonds. The van der Waals surface area contributed by atoms with Crippen LogP contribution in [-0.2, 0) is 4.79 Å². The van der Waals surface area contributed by atoms with E-state index in [-0.39, 0.29) is 17.2 Å². The second-order valence-electron chi connectivity index (χ2n) is 5.56. The fourth-order valence-electron chi connectivity index (χ4n) is 1.54. The zero-order chi connectivity index (χ0) is 13.1. The number of rotatable bonds is 2. The molecule has 92 valence electrons. The average Bonchev–Trinajstić information content (AvgIpc) is 2.27. The van der Waals surface area contributed by atoms with E-state index in [1.54, 1.807) is 6.08 Å². The smallest absolute Gasteiger partial charge is 0.227 e. The van der Waals surface area contributed by atoms with Crippen LogP contribution in [0.15, 0.2) is 23.4 Å². The van der Waals surface area contributed by atoms with Gasteiger partial charge in [0.2, 0.25) is 5.91 Å². The molecule has 0 aliphatic heterocycles. The van der Waals surface area contributed by atoms with Gasteiger partial charge < -0.3 is 5.32 Å². The summed E-state index contributed by atoms with van der Waals surface area (Å²) in [7, 11) is 0. The minimum absolute atomic E-state index is 0.0305.